The van der Waals surface area contributed by atoms with Gasteiger partial charge >= 0.3 is 0 Å². The molecule has 0 saturated carbocycles. The number of hydrogen-bond acceptors (Lipinski definition) is 2. The summed E-state index contributed by atoms with van der Waals surface area (Å²) in [5, 5.41) is 5.38. The topological polar surface area (TPSA) is 43.8 Å². The first-order valence-corrected chi connectivity index (χ1v) is 7.39. The molecule has 2 rings (SSSR count). The van der Waals surface area contributed by atoms with Crippen molar-refractivity contribution >= 4 is 11.6 Å². The molecule has 0 radical (unpaired) electrons. The smallest absolute Gasteiger partial charge is 0.0682 e. The maximum Gasteiger partial charge on any atom is 0.0682 e. The van der Waals surface area contributed by atoms with E-state index in [-0.39, 0.29) is 6.04 Å². The van der Waals surface area contributed by atoms with Crippen LogP contribution in [0.15, 0.2) is 18.2 Å². The van der Waals surface area contributed by atoms with Gasteiger partial charge in [0.1, 0.15) is 0 Å². The van der Waals surface area contributed by atoms with Gasteiger partial charge in [-0.3, -0.25) is 0 Å². The summed E-state index contributed by atoms with van der Waals surface area (Å²) in [4.78, 5) is 0. The van der Waals surface area contributed by atoms with Crippen LogP contribution in [0, 0.1) is 20.8 Å². The number of aromatic nitrogens is 2. The number of nitrogens with two attached hydrogens (primary N) is 1. The van der Waals surface area contributed by atoms with Crippen molar-refractivity contribution in [2.24, 2.45) is 5.73 Å². The first kappa shape index (κ1) is 15.1. The highest BCUT2D eigenvalue weighted by molar-refractivity contribution is 6.30. The molecule has 1 aromatic heterocycles. The van der Waals surface area contributed by atoms with Crippen molar-refractivity contribution in [3.05, 3.63) is 45.7 Å². The Balaban J connectivity index is 2.52. The molecule has 0 saturated heterocycles. The number of aryl methyl sites for hydroxylation is 1. The Morgan fingerprint density at radius 2 is 2.00 bits per heavy atom. The molecule has 3 nitrogen and oxygen atoms in total. The zero-order chi connectivity index (χ0) is 14.9. The van der Waals surface area contributed by atoms with Crippen LogP contribution in [0.3, 0.4) is 0 Å². The number of benzene rings is 1. The van der Waals surface area contributed by atoms with Gasteiger partial charge in [0.05, 0.1) is 11.4 Å². The quantitative estimate of drug-likeness (QED) is 0.933. The largest absolute Gasteiger partial charge is 0.327 e. The van der Waals surface area contributed by atoms with Crippen LogP contribution in [-0.4, -0.2) is 15.8 Å². The third-order valence-corrected chi connectivity index (χ3v) is 4.16. The normalized spacial score (nSPS) is 12.7. The van der Waals surface area contributed by atoms with Gasteiger partial charge in [0.2, 0.25) is 0 Å². The van der Waals surface area contributed by atoms with E-state index < -0.39 is 0 Å². The molecule has 1 atom stereocenters. The second-order valence-electron chi connectivity index (χ2n) is 5.35. The van der Waals surface area contributed by atoms with Crippen LogP contribution in [-0.2, 0) is 6.42 Å². The number of halogens is 1. The Morgan fingerprint density at radius 1 is 1.30 bits per heavy atom. The van der Waals surface area contributed by atoms with Crippen molar-refractivity contribution < 1.29 is 0 Å². The SMILES string of the molecule is CCC(N)Cc1cc(Cl)ccc1-n1nc(C)c(C)c1C. The van der Waals surface area contributed by atoms with E-state index in [1.807, 2.05) is 29.8 Å². The van der Waals surface area contributed by atoms with E-state index in [0.29, 0.717) is 0 Å². The Bertz CT molecular complexity index is 616. The summed E-state index contributed by atoms with van der Waals surface area (Å²) < 4.78 is 2.00. The minimum Gasteiger partial charge on any atom is -0.327 e. The zero-order valence-corrected chi connectivity index (χ0v) is 13.3. The number of hydrogen-bond donors (Lipinski definition) is 1. The summed E-state index contributed by atoms with van der Waals surface area (Å²) in [6.45, 7) is 8.32. The van der Waals surface area contributed by atoms with Gasteiger partial charge in [-0.15, -0.1) is 0 Å². The number of nitrogens with zero attached hydrogens (tertiary/aromatic N) is 2. The Kier molecular flexibility index (Phi) is 4.51. The van der Waals surface area contributed by atoms with Crippen molar-refractivity contribution in [3.8, 4) is 5.69 Å². The Morgan fingerprint density at radius 3 is 2.55 bits per heavy atom. The molecule has 0 spiro atoms. The lowest BCUT2D eigenvalue weighted by Crippen LogP contribution is -2.22. The molecule has 4 heteroatoms. The van der Waals surface area contributed by atoms with Gasteiger partial charge in [0.25, 0.3) is 0 Å². The van der Waals surface area contributed by atoms with Crippen LogP contribution < -0.4 is 5.73 Å². The van der Waals surface area contributed by atoms with E-state index in [1.54, 1.807) is 0 Å². The molecule has 2 N–H and O–H groups in total. The van der Waals surface area contributed by atoms with E-state index in [9.17, 15) is 0 Å². The third-order valence-electron chi connectivity index (χ3n) is 3.93. The van der Waals surface area contributed by atoms with Gasteiger partial charge in [-0.2, -0.15) is 5.10 Å². The van der Waals surface area contributed by atoms with Gasteiger partial charge in [0.15, 0.2) is 0 Å². The molecule has 0 aliphatic rings. The molecule has 1 heterocycles. The monoisotopic (exact) mass is 291 g/mol. The van der Waals surface area contributed by atoms with Gasteiger partial charge < -0.3 is 5.73 Å². The van der Waals surface area contributed by atoms with E-state index >= 15 is 0 Å². The van der Waals surface area contributed by atoms with Crippen LogP contribution in [0.1, 0.15) is 35.9 Å². The fourth-order valence-electron chi connectivity index (χ4n) is 2.31. The summed E-state index contributed by atoms with van der Waals surface area (Å²) in [7, 11) is 0. The summed E-state index contributed by atoms with van der Waals surface area (Å²) in [6.07, 6.45) is 1.76. The maximum absolute atomic E-state index is 6.14. The average molecular weight is 292 g/mol. The predicted molar refractivity (Wildman–Crippen MR) is 84.8 cm³/mol. The van der Waals surface area contributed by atoms with Crippen molar-refractivity contribution in [1.29, 1.82) is 0 Å². The van der Waals surface area contributed by atoms with Crippen molar-refractivity contribution in [2.45, 2.75) is 46.6 Å². The fraction of sp³-hybridized carbons (Fsp3) is 0.438. The van der Waals surface area contributed by atoms with E-state index in [0.717, 1.165) is 40.5 Å². The third kappa shape index (κ3) is 2.89. The van der Waals surface area contributed by atoms with Crippen LogP contribution >= 0.6 is 11.6 Å². The van der Waals surface area contributed by atoms with Crippen LogP contribution in [0.4, 0.5) is 0 Å². The molecule has 108 valence electrons. The first-order chi connectivity index (χ1) is 9.43. The molecule has 1 unspecified atom stereocenters. The van der Waals surface area contributed by atoms with Gasteiger partial charge in [0, 0.05) is 16.8 Å². The van der Waals surface area contributed by atoms with Crippen molar-refractivity contribution in [1.82, 2.24) is 9.78 Å². The van der Waals surface area contributed by atoms with Crippen LogP contribution in [0.25, 0.3) is 5.69 Å². The van der Waals surface area contributed by atoms with E-state index in [1.165, 1.54) is 5.56 Å². The van der Waals surface area contributed by atoms with E-state index in [4.69, 9.17) is 17.3 Å². The molecule has 0 fully saturated rings. The van der Waals surface area contributed by atoms with Gasteiger partial charge in [-0.1, -0.05) is 18.5 Å². The zero-order valence-electron chi connectivity index (χ0n) is 12.6. The lowest BCUT2D eigenvalue weighted by atomic mass is 10.0. The lowest BCUT2D eigenvalue weighted by molar-refractivity contribution is 0.641. The highest BCUT2D eigenvalue weighted by Crippen LogP contribution is 2.24. The molecular weight excluding hydrogens is 270 g/mol. The van der Waals surface area contributed by atoms with Crippen molar-refractivity contribution in [2.75, 3.05) is 0 Å². The first-order valence-electron chi connectivity index (χ1n) is 7.01. The molecule has 2 aromatic rings. The summed E-state index contributed by atoms with van der Waals surface area (Å²) in [5.41, 5.74) is 11.8. The van der Waals surface area contributed by atoms with Gasteiger partial charge in [-0.05, 0) is 62.9 Å². The Labute approximate surface area is 125 Å². The van der Waals surface area contributed by atoms with Crippen LogP contribution in [0.2, 0.25) is 5.02 Å². The maximum atomic E-state index is 6.14. The highest BCUT2D eigenvalue weighted by atomic mass is 35.5. The second-order valence-corrected chi connectivity index (χ2v) is 5.79. The minimum absolute atomic E-state index is 0.144. The van der Waals surface area contributed by atoms with E-state index in [2.05, 4.69) is 25.9 Å². The second kappa shape index (κ2) is 5.98. The minimum atomic E-state index is 0.144. The van der Waals surface area contributed by atoms with Crippen LogP contribution in [0.5, 0.6) is 0 Å². The summed E-state index contributed by atoms with van der Waals surface area (Å²) in [5.74, 6) is 0. The molecular formula is C16H22ClN3. The molecule has 1 aromatic carbocycles. The Hall–Kier alpha value is -1.32. The molecule has 0 bridgehead atoms. The molecule has 0 aliphatic carbocycles. The predicted octanol–water partition coefficient (Wildman–Crippen LogP) is 3.73. The molecule has 0 amide bonds. The summed E-state index contributed by atoms with van der Waals surface area (Å²) in [6, 6.07) is 6.08. The lowest BCUT2D eigenvalue weighted by Gasteiger charge is -2.15. The number of rotatable bonds is 4. The van der Waals surface area contributed by atoms with Crippen molar-refractivity contribution in [3.63, 3.8) is 0 Å². The summed E-state index contributed by atoms with van der Waals surface area (Å²) >= 11 is 6.14. The highest BCUT2D eigenvalue weighted by Gasteiger charge is 2.14. The fourth-order valence-corrected chi connectivity index (χ4v) is 2.50. The molecule has 0 aliphatic heterocycles. The standard InChI is InChI=1S/C16H22ClN3/c1-5-15(18)9-13-8-14(17)6-7-16(13)20-12(4)10(2)11(3)19-20/h6-8,15H,5,9,18H2,1-4H3. The molecule has 20 heavy (non-hydrogen) atoms. The average Bonchev–Trinajstić information content (AvgIpc) is 2.66. The van der Waals surface area contributed by atoms with Gasteiger partial charge in [-0.25, -0.2) is 4.68 Å².